The van der Waals surface area contributed by atoms with Gasteiger partial charge in [-0.15, -0.1) is 0 Å². The third-order valence-electron chi connectivity index (χ3n) is 2.96. The minimum Gasteiger partial charge on any atom is -0.548 e. The van der Waals surface area contributed by atoms with Crippen LogP contribution in [0.2, 0.25) is 0 Å². The Labute approximate surface area is 140 Å². The summed E-state index contributed by atoms with van der Waals surface area (Å²) in [4.78, 5) is 23.9. The number of carboxylic acids is 1. The molecule has 0 aromatic rings. The predicted molar refractivity (Wildman–Crippen MR) is 62.2 cm³/mol. The van der Waals surface area contributed by atoms with E-state index in [4.69, 9.17) is 0 Å². The van der Waals surface area contributed by atoms with Gasteiger partial charge in [0.1, 0.15) is 5.37 Å². The van der Waals surface area contributed by atoms with Crippen LogP contribution >= 0.6 is 31.9 Å². The van der Waals surface area contributed by atoms with E-state index in [0.29, 0.717) is 0 Å². The number of carbonyl (C=O) groups excluding carboxylic acids is 2. The number of carbonyl (C=O) groups is 2. The Hall–Kier alpha value is 1.05. The van der Waals surface area contributed by atoms with Crippen molar-refractivity contribution in [2.75, 3.05) is 0 Å². The Bertz CT molecular complexity index is 428. The van der Waals surface area contributed by atoms with Crippen molar-refractivity contribution in [1.29, 1.82) is 0 Å². The smallest absolute Gasteiger partial charge is 0.548 e. The zero-order valence-electron chi connectivity index (χ0n) is 9.40. The monoisotopic (exact) mass is 395 g/mol. The Morgan fingerprint density at radius 2 is 1.94 bits per heavy atom. The fraction of sp³-hybridized carbons (Fsp3) is 0.750. The SMILES string of the molecule is CC1(C)C(C(=O)[O-])N2C(=O)C(Br)(Br)C2S1=O.[Na+]. The maximum absolute atomic E-state index is 12.1. The van der Waals surface area contributed by atoms with E-state index in [9.17, 15) is 18.9 Å². The van der Waals surface area contributed by atoms with Crippen molar-refractivity contribution in [3.8, 4) is 0 Å². The number of alkyl halides is 2. The molecule has 0 aromatic carbocycles. The second-order valence-electron chi connectivity index (χ2n) is 4.31. The number of β-lactam (4-membered cyclic amide) rings is 1. The number of carboxylic acid groups (broad SMARTS) is 1. The van der Waals surface area contributed by atoms with Crippen LogP contribution in [0.15, 0.2) is 0 Å². The van der Waals surface area contributed by atoms with Gasteiger partial charge in [-0.2, -0.15) is 0 Å². The van der Waals surface area contributed by atoms with Gasteiger partial charge in [0.15, 0.2) is 3.23 Å². The average Bonchev–Trinajstić information content (AvgIpc) is 2.33. The number of fused-ring (bicyclic) bond motifs is 1. The molecule has 2 aliphatic rings. The second-order valence-corrected chi connectivity index (χ2v) is 9.97. The zero-order chi connectivity index (χ0) is 12.5. The van der Waals surface area contributed by atoms with E-state index in [1.54, 1.807) is 13.8 Å². The predicted octanol–water partition coefficient (Wildman–Crippen LogP) is -3.70. The van der Waals surface area contributed by atoms with Crippen LogP contribution in [0.1, 0.15) is 13.8 Å². The van der Waals surface area contributed by atoms with Crippen LogP contribution in [0.5, 0.6) is 0 Å². The first-order chi connectivity index (χ1) is 7.13. The molecule has 2 saturated heterocycles. The fourth-order valence-corrected chi connectivity index (χ4v) is 5.78. The molecule has 0 spiro atoms. The van der Waals surface area contributed by atoms with Gasteiger partial charge in [0.05, 0.1) is 27.6 Å². The largest absolute Gasteiger partial charge is 1.00 e. The summed E-state index contributed by atoms with van der Waals surface area (Å²) < 4.78 is 10.0. The normalized spacial score (nSPS) is 36.8. The van der Waals surface area contributed by atoms with Crippen molar-refractivity contribution in [1.82, 2.24) is 4.90 Å². The van der Waals surface area contributed by atoms with Crippen LogP contribution in [0.3, 0.4) is 0 Å². The van der Waals surface area contributed by atoms with Gasteiger partial charge in [-0.3, -0.25) is 9.00 Å². The van der Waals surface area contributed by atoms with Gasteiger partial charge in [0.25, 0.3) is 5.91 Å². The molecular weight excluding hydrogens is 389 g/mol. The van der Waals surface area contributed by atoms with Gasteiger partial charge in [-0.1, -0.05) is 31.9 Å². The summed E-state index contributed by atoms with van der Waals surface area (Å²) in [6, 6.07) is -1.14. The Kier molecular flexibility index (Phi) is 4.32. The second kappa shape index (κ2) is 4.56. The minimum absolute atomic E-state index is 0. The molecule has 3 unspecified atom stereocenters. The van der Waals surface area contributed by atoms with E-state index >= 15 is 0 Å². The summed E-state index contributed by atoms with van der Waals surface area (Å²) in [6.07, 6.45) is 0. The molecule has 0 saturated carbocycles. The fourth-order valence-electron chi connectivity index (χ4n) is 2.11. The summed E-state index contributed by atoms with van der Waals surface area (Å²) in [5.41, 5.74) is 0. The van der Waals surface area contributed by atoms with Crippen molar-refractivity contribution >= 4 is 54.5 Å². The molecule has 5 nitrogen and oxygen atoms in total. The van der Waals surface area contributed by atoms with Crippen molar-refractivity contribution in [2.45, 2.75) is 33.2 Å². The van der Waals surface area contributed by atoms with Gasteiger partial charge in [-0.25, -0.2) is 0 Å². The van der Waals surface area contributed by atoms with E-state index in [-0.39, 0.29) is 29.6 Å². The van der Waals surface area contributed by atoms with Crippen LogP contribution < -0.4 is 34.7 Å². The molecular formula is C8H8Br2NNaO4S. The third-order valence-corrected chi connectivity index (χ3v) is 7.36. The number of aliphatic carboxylic acids is 1. The molecule has 90 valence electrons. The number of hydrogen-bond donors (Lipinski definition) is 0. The Balaban J connectivity index is 0.00000144. The maximum Gasteiger partial charge on any atom is 1.00 e. The summed E-state index contributed by atoms with van der Waals surface area (Å²) in [6.45, 7) is 3.12. The average molecular weight is 397 g/mol. The van der Waals surface area contributed by atoms with Crippen molar-refractivity contribution in [3.63, 3.8) is 0 Å². The van der Waals surface area contributed by atoms with E-state index in [1.807, 2.05) is 0 Å². The molecule has 9 heteroatoms. The first-order valence-electron chi connectivity index (χ1n) is 4.45. The standard InChI is InChI=1S/C8H9Br2NO4S.Na/c1-7(2)3(4(12)13)11-5(14)8(9,10)6(11)16(7)15;/h3,6H,1-2H3,(H,12,13);/q;+1/p-1. The zero-order valence-corrected chi connectivity index (χ0v) is 15.4. The summed E-state index contributed by atoms with van der Waals surface area (Å²) in [7, 11) is -1.47. The van der Waals surface area contributed by atoms with E-state index in [1.165, 1.54) is 0 Å². The van der Waals surface area contributed by atoms with Crippen LogP contribution in [0.25, 0.3) is 0 Å². The van der Waals surface area contributed by atoms with E-state index < -0.39 is 42.1 Å². The molecule has 3 atom stereocenters. The van der Waals surface area contributed by atoms with E-state index in [0.717, 1.165) is 4.90 Å². The van der Waals surface area contributed by atoms with Gasteiger partial charge in [-0.05, 0) is 13.8 Å². The molecule has 2 rings (SSSR count). The van der Waals surface area contributed by atoms with Crippen molar-refractivity contribution in [2.24, 2.45) is 0 Å². The van der Waals surface area contributed by atoms with E-state index in [2.05, 4.69) is 31.9 Å². The molecule has 0 aliphatic carbocycles. The quantitative estimate of drug-likeness (QED) is 0.260. The van der Waals surface area contributed by atoms with Gasteiger partial charge < -0.3 is 14.8 Å². The number of halogens is 2. The van der Waals surface area contributed by atoms with Crippen LogP contribution in [-0.2, 0) is 20.4 Å². The molecule has 17 heavy (non-hydrogen) atoms. The van der Waals surface area contributed by atoms with Crippen LogP contribution in [0, 0.1) is 0 Å². The molecule has 0 radical (unpaired) electrons. The summed E-state index contributed by atoms with van der Waals surface area (Å²) in [5.74, 6) is -1.80. The van der Waals surface area contributed by atoms with Gasteiger partial charge >= 0.3 is 29.6 Å². The van der Waals surface area contributed by atoms with Crippen molar-refractivity contribution in [3.05, 3.63) is 0 Å². The van der Waals surface area contributed by atoms with Gasteiger partial charge in [0, 0.05) is 0 Å². The molecule has 2 aliphatic heterocycles. The molecule has 0 aromatic heterocycles. The molecule has 2 heterocycles. The van der Waals surface area contributed by atoms with Crippen LogP contribution in [-0.4, -0.2) is 40.4 Å². The molecule has 2 fully saturated rings. The van der Waals surface area contributed by atoms with Crippen LogP contribution in [0.4, 0.5) is 0 Å². The first kappa shape index (κ1) is 16.1. The first-order valence-corrected chi connectivity index (χ1v) is 7.25. The number of rotatable bonds is 1. The molecule has 1 amide bonds. The van der Waals surface area contributed by atoms with Crippen molar-refractivity contribution < 1.29 is 48.5 Å². The number of amides is 1. The summed E-state index contributed by atoms with van der Waals surface area (Å²) in [5, 5.41) is 10.4. The number of nitrogens with zero attached hydrogens (tertiary/aromatic N) is 1. The van der Waals surface area contributed by atoms with Gasteiger partial charge in [0.2, 0.25) is 0 Å². The topological polar surface area (TPSA) is 77.5 Å². The number of hydrogen-bond acceptors (Lipinski definition) is 4. The molecule has 0 bridgehead atoms. The Morgan fingerprint density at radius 3 is 2.35 bits per heavy atom. The Morgan fingerprint density at radius 1 is 1.47 bits per heavy atom. The minimum atomic E-state index is -1.47. The molecule has 0 N–H and O–H groups in total. The maximum atomic E-state index is 12.1. The summed E-state index contributed by atoms with van der Waals surface area (Å²) >= 11 is 6.25. The third kappa shape index (κ3) is 1.90.